The molecule has 1 aliphatic rings. The van der Waals surface area contributed by atoms with Crippen molar-refractivity contribution in [1.29, 1.82) is 0 Å². The van der Waals surface area contributed by atoms with Crippen molar-refractivity contribution >= 4 is 15.5 Å². The number of pyridine rings is 1. The van der Waals surface area contributed by atoms with Crippen molar-refractivity contribution in [1.82, 2.24) is 14.6 Å². The van der Waals surface area contributed by atoms with Gasteiger partial charge in [0.05, 0.1) is 17.7 Å². The summed E-state index contributed by atoms with van der Waals surface area (Å²) in [5.74, 6) is 1.72. The summed E-state index contributed by atoms with van der Waals surface area (Å²) in [5, 5.41) is 13.7. The summed E-state index contributed by atoms with van der Waals surface area (Å²) >= 11 is 0. The first kappa shape index (κ1) is 12.4. The fourth-order valence-corrected chi connectivity index (χ4v) is 3.99. The molecule has 0 unspecified atom stereocenters. The normalized spacial score (nSPS) is 19.8. The van der Waals surface area contributed by atoms with Gasteiger partial charge in [-0.25, -0.2) is 17.9 Å². The quantitative estimate of drug-likeness (QED) is 0.880. The highest BCUT2D eigenvalue weighted by atomic mass is 32.2. The Balaban J connectivity index is 1.75. The lowest BCUT2D eigenvalue weighted by Gasteiger charge is -2.20. The average molecular weight is 281 g/mol. The highest BCUT2D eigenvalue weighted by molar-refractivity contribution is 7.91. The van der Waals surface area contributed by atoms with Crippen molar-refractivity contribution in [2.75, 3.05) is 11.5 Å². The summed E-state index contributed by atoms with van der Waals surface area (Å²) in [4.78, 5) is 4.38. The van der Waals surface area contributed by atoms with Crippen molar-refractivity contribution in [2.24, 2.45) is 5.92 Å². The Bertz CT molecular complexity index is 694. The Morgan fingerprint density at radius 2 is 2.05 bits per heavy atom. The molecule has 0 aliphatic carbocycles. The molecule has 1 saturated heterocycles. The Kier molecular flexibility index (Phi) is 2.93. The van der Waals surface area contributed by atoms with E-state index in [1.165, 1.54) is 6.20 Å². The third-order valence-corrected chi connectivity index (χ3v) is 5.22. The minimum Gasteiger partial charge on any atom is -0.506 e. The van der Waals surface area contributed by atoms with Gasteiger partial charge < -0.3 is 5.11 Å². The number of sulfone groups is 1. The van der Waals surface area contributed by atoms with Crippen LogP contribution in [0, 0.1) is 5.92 Å². The first-order valence-electron chi connectivity index (χ1n) is 6.26. The van der Waals surface area contributed by atoms with E-state index >= 15 is 0 Å². The fourth-order valence-electron chi connectivity index (χ4n) is 2.41. The number of nitrogens with zero attached hydrogens (tertiary/aromatic N) is 3. The summed E-state index contributed by atoms with van der Waals surface area (Å²) in [5.41, 5.74) is 0.691. The van der Waals surface area contributed by atoms with E-state index in [0.717, 1.165) is 0 Å². The largest absolute Gasteiger partial charge is 0.506 e. The molecule has 3 rings (SSSR count). The minimum absolute atomic E-state index is 0.146. The summed E-state index contributed by atoms with van der Waals surface area (Å²) in [7, 11) is -2.82. The highest BCUT2D eigenvalue weighted by Crippen LogP contribution is 2.22. The van der Waals surface area contributed by atoms with Gasteiger partial charge in [-0.05, 0) is 30.9 Å². The first-order chi connectivity index (χ1) is 9.02. The van der Waals surface area contributed by atoms with Gasteiger partial charge >= 0.3 is 0 Å². The van der Waals surface area contributed by atoms with E-state index in [4.69, 9.17) is 0 Å². The molecule has 6 nitrogen and oxygen atoms in total. The lowest BCUT2D eigenvalue weighted by atomic mass is 9.99. The SMILES string of the molecule is O=S1(=O)CCC(Cc2nc3ccc(O)cn3n2)CC1. The van der Waals surface area contributed by atoms with Gasteiger partial charge in [0, 0.05) is 6.42 Å². The molecular weight excluding hydrogens is 266 g/mol. The molecule has 0 spiro atoms. The number of hydrogen-bond acceptors (Lipinski definition) is 5. The van der Waals surface area contributed by atoms with Crippen molar-refractivity contribution in [2.45, 2.75) is 19.3 Å². The zero-order valence-electron chi connectivity index (χ0n) is 10.4. The maximum absolute atomic E-state index is 11.4. The zero-order chi connectivity index (χ0) is 13.5. The van der Waals surface area contributed by atoms with Gasteiger partial charge in [-0.15, -0.1) is 0 Å². The molecule has 1 fully saturated rings. The molecule has 2 aromatic heterocycles. The molecule has 0 saturated carbocycles. The van der Waals surface area contributed by atoms with Gasteiger partial charge in [-0.2, -0.15) is 5.10 Å². The molecule has 0 radical (unpaired) electrons. The van der Waals surface area contributed by atoms with Crippen molar-refractivity contribution in [3.8, 4) is 5.75 Å². The van der Waals surface area contributed by atoms with E-state index in [1.54, 1.807) is 16.6 Å². The van der Waals surface area contributed by atoms with E-state index in [2.05, 4.69) is 10.1 Å². The predicted molar refractivity (Wildman–Crippen MR) is 69.7 cm³/mol. The molecule has 1 aliphatic heterocycles. The molecule has 0 aromatic carbocycles. The van der Waals surface area contributed by atoms with E-state index in [0.29, 0.717) is 36.7 Å². The van der Waals surface area contributed by atoms with Gasteiger partial charge in [0.1, 0.15) is 15.6 Å². The standard InChI is InChI=1S/C12H15N3O3S/c16-10-1-2-12-13-11(14-15(12)8-10)7-9-3-5-19(17,18)6-4-9/h1-2,8-9,16H,3-7H2. The van der Waals surface area contributed by atoms with Crippen LogP contribution in [0.2, 0.25) is 0 Å². The van der Waals surface area contributed by atoms with Crippen LogP contribution in [0.5, 0.6) is 5.75 Å². The number of fused-ring (bicyclic) bond motifs is 1. The number of aromatic nitrogens is 3. The topological polar surface area (TPSA) is 84.6 Å². The number of hydrogen-bond donors (Lipinski definition) is 1. The third kappa shape index (κ3) is 2.70. The van der Waals surface area contributed by atoms with E-state index < -0.39 is 9.84 Å². The van der Waals surface area contributed by atoms with Gasteiger partial charge in [0.25, 0.3) is 0 Å². The molecule has 3 heterocycles. The predicted octanol–water partition coefficient (Wildman–Crippen LogP) is 0.802. The van der Waals surface area contributed by atoms with E-state index in [9.17, 15) is 13.5 Å². The van der Waals surface area contributed by atoms with Crippen LogP contribution in [-0.4, -0.2) is 39.6 Å². The molecule has 0 amide bonds. The van der Waals surface area contributed by atoms with Crippen LogP contribution in [0.4, 0.5) is 0 Å². The summed E-state index contributed by atoms with van der Waals surface area (Å²) in [6.45, 7) is 0. The Morgan fingerprint density at radius 3 is 2.79 bits per heavy atom. The maximum atomic E-state index is 11.4. The molecule has 102 valence electrons. The molecule has 0 bridgehead atoms. The molecule has 2 aromatic rings. The van der Waals surface area contributed by atoms with Crippen LogP contribution >= 0.6 is 0 Å². The van der Waals surface area contributed by atoms with Crippen LogP contribution in [0.1, 0.15) is 18.7 Å². The second-order valence-electron chi connectivity index (χ2n) is 5.02. The van der Waals surface area contributed by atoms with E-state index in [1.807, 2.05) is 0 Å². The summed E-state index contributed by atoms with van der Waals surface area (Å²) in [6.07, 6.45) is 3.57. The van der Waals surface area contributed by atoms with Crippen LogP contribution < -0.4 is 0 Å². The number of rotatable bonds is 2. The average Bonchev–Trinajstić information content (AvgIpc) is 2.73. The van der Waals surface area contributed by atoms with Crippen molar-refractivity contribution in [3.05, 3.63) is 24.2 Å². The molecule has 19 heavy (non-hydrogen) atoms. The van der Waals surface area contributed by atoms with Crippen LogP contribution in [-0.2, 0) is 16.3 Å². The minimum atomic E-state index is -2.82. The molecular formula is C12H15N3O3S. The number of aromatic hydroxyl groups is 1. The van der Waals surface area contributed by atoms with E-state index in [-0.39, 0.29) is 17.3 Å². The summed E-state index contributed by atoms with van der Waals surface area (Å²) in [6, 6.07) is 3.28. The second kappa shape index (κ2) is 4.48. The monoisotopic (exact) mass is 281 g/mol. The zero-order valence-corrected chi connectivity index (χ0v) is 11.2. The lowest BCUT2D eigenvalue weighted by molar-refractivity contribution is 0.453. The van der Waals surface area contributed by atoms with Crippen molar-refractivity contribution < 1.29 is 13.5 Å². The van der Waals surface area contributed by atoms with Crippen LogP contribution in [0.3, 0.4) is 0 Å². The third-order valence-electron chi connectivity index (χ3n) is 3.50. The van der Waals surface area contributed by atoms with Crippen LogP contribution in [0.15, 0.2) is 18.3 Å². The van der Waals surface area contributed by atoms with Crippen molar-refractivity contribution in [3.63, 3.8) is 0 Å². The molecule has 1 N–H and O–H groups in total. The van der Waals surface area contributed by atoms with Crippen LogP contribution in [0.25, 0.3) is 5.65 Å². The highest BCUT2D eigenvalue weighted by Gasteiger charge is 2.24. The van der Waals surface area contributed by atoms with Gasteiger partial charge in [-0.1, -0.05) is 0 Å². The first-order valence-corrected chi connectivity index (χ1v) is 8.09. The Labute approximate surface area is 111 Å². The van der Waals surface area contributed by atoms with Gasteiger partial charge in [0.2, 0.25) is 0 Å². The summed E-state index contributed by atoms with van der Waals surface area (Å²) < 4.78 is 24.3. The second-order valence-corrected chi connectivity index (χ2v) is 7.32. The molecule has 7 heteroatoms. The van der Waals surface area contributed by atoms with Gasteiger partial charge in [0.15, 0.2) is 11.5 Å². The maximum Gasteiger partial charge on any atom is 0.155 e. The lowest BCUT2D eigenvalue weighted by Crippen LogP contribution is -2.24. The smallest absolute Gasteiger partial charge is 0.155 e. The Hall–Kier alpha value is -1.63. The Morgan fingerprint density at radius 1 is 1.32 bits per heavy atom. The molecule has 0 atom stereocenters. The van der Waals surface area contributed by atoms with Gasteiger partial charge in [-0.3, -0.25) is 0 Å². The fraction of sp³-hybridized carbons (Fsp3) is 0.500.